The smallest absolute Gasteiger partial charge is 0.264 e. The van der Waals surface area contributed by atoms with E-state index < -0.39 is 15.8 Å². The molecule has 2 aromatic rings. The maximum Gasteiger partial charge on any atom is 0.264 e. The molecule has 0 aliphatic rings. The number of hydrogen-bond donors (Lipinski definition) is 1. The van der Waals surface area contributed by atoms with Crippen LogP contribution in [0.15, 0.2) is 53.4 Å². The summed E-state index contributed by atoms with van der Waals surface area (Å²) in [7, 11) is -3.73. The number of rotatable bonds is 4. The van der Waals surface area contributed by atoms with Crippen LogP contribution >= 0.6 is 0 Å². The van der Waals surface area contributed by atoms with Gasteiger partial charge < -0.3 is 5.11 Å². The highest BCUT2D eigenvalue weighted by Gasteiger charge is 2.23. The molecule has 6 heteroatoms. The molecule has 0 aliphatic carbocycles. The second-order valence-electron chi connectivity index (χ2n) is 4.14. The van der Waals surface area contributed by atoms with Gasteiger partial charge in [-0.05, 0) is 55.5 Å². The molecule has 1 N–H and O–H groups in total. The lowest BCUT2D eigenvalue weighted by atomic mass is 10.3. The molecule has 0 radical (unpaired) electrons. The molecule has 106 valence electrons. The molecule has 0 unspecified atom stereocenters. The minimum atomic E-state index is -3.73. The Hall–Kier alpha value is -2.08. The highest BCUT2D eigenvalue weighted by atomic mass is 32.2. The lowest BCUT2D eigenvalue weighted by Gasteiger charge is -2.22. The van der Waals surface area contributed by atoms with Crippen molar-refractivity contribution in [2.45, 2.75) is 11.8 Å². The van der Waals surface area contributed by atoms with Gasteiger partial charge in [-0.3, -0.25) is 4.31 Å². The summed E-state index contributed by atoms with van der Waals surface area (Å²) in [6.45, 7) is 1.91. The number of aromatic hydroxyl groups is 1. The number of anilines is 1. The van der Waals surface area contributed by atoms with Crippen LogP contribution in [0.25, 0.3) is 0 Å². The van der Waals surface area contributed by atoms with Gasteiger partial charge in [-0.15, -0.1) is 0 Å². The molecule has 0 fully saturated rings. The Morgan fingerprint density at radius 1 is 1.05 bits per heavy atom. The molecule has 0 saturated heterocycles. The van der Waals surface area contributed by atoms with E-state index in [0.717, 1.165) is 0 Å². The van der Waals surface area contributed by atoms with E-state index in [4.69, 9.17) is 0 Å². The van der Waals surface area contributed by atoms with Crippen molar-refractivity contribution in [2.24, 2.45) is 0 Å². The molecule has 0 amide bonds. The number of hydrogen-bond acceptors (Lipinski definition) is 3. The van der Waals surface area contributed by atoms with Crippen molar-refractivity contribution in [3.05, 3.63) is 54.3 Å². The highest BCUT2D eigenvalue weighted by Crippen LogP contribution is 2.24. The third-order valence-electron chi connectivity index (χ3n) is 2.83. The van der Waals surface area contributed by atoms with Crippen molar-refractivity contribution in [1.29, 1.82) is 0 Å². The van der Waals surface area contributed by atoms with Crippen LogP contribution in [-0.2, 0) is 10.0 Å². The number of halogens is 1. The van der Waals surface area contributed by atoms with E-state index in [1.165, 1.54) is 52.8 Å². The Bertz CT molecular complexity index is 681. The fraction of sp³-hybridized carbons (Fsp3) is 0.143. The van der Waals surface area contributed by atoms with E-state index >= 15 is 0 Å². The predicted octanol–water partition coefficient (Wildman–Crippen LogP) is 2.75. The van der Waals surface area contributed by atoms with E-state index in [-0.39, 0.29) is 17.2 Å². The zero-order valence-corrected chi connectivity index (χ0v) is 11.6. The molecule has 20 heavy (non-hydrogen) atoms. The van der Waals surface area contributed by atoms with Crippen LogP contribution in [0.3, 0.4) is 0 Å². The summed E-state index contributed by atoms with van der Waals surface area (Å²) in [5, 5.41) is 9.22. The zero-order chi connectivity index (χ0) is 14.8. The Labute approximate surface area is 117 Å². The van der Waals surface area contributed by atoms with Gasteiger partial charge in [0, 0.05) is 6.54 Å². The third kappa shape index (κ3) is 2.75. The number of sulfonamides is 1. The summed E-state index contributed by atoms with van der Waals surface area (Å²) in [4.78, 5) is 0.0708. The van der Waals surface area contributed by atoms with E-state index in [2.05, 4.69) is 0 Å². The van der Waals surface area contributed by atoms with Crippen molar-refractivity contribution in [3.63, 3.8) is 0 Å². The summed E-state index contributed by atoms with van der Waals surface area (Å²) in [5.41, 5.74) is 0.391. The molecule has 0 atom stereocenters. The fourth-order valence-electron chi connectivity index (χ4n) is 1.84. The van der Waals surface area contributed by atoms with Gasteiger partial charge in [0.15, 0.2) is 0 Å². The van der Waals surface area contributed by atoms with E-state index in [9.17, 15) is 17.9 Å². The molecule has 0 saturated carbocycles. The van der Waals surface area contributed by atoms with Crippen LogP contribution in [0.4, 0.5) is 10.1 Å². The monoisotopic (exact) mass is 295 g/mol. The van der Waals surface area contributed by atoms with Crippen LogP contribution in [0.2, 0.25) is 0 Å². The molecule has 0 aromatic heterocycles. The topological polar surface area (TPSA) is 57.6 Å². The SMILES string of the molecule is CCN(c1ccc(F)cc1)S(=O)(=O)c1ccc(O)cc1. The quantitative estimate of drug-likeness (QED) is 0.943. The van der Waals surface area contributed by atoms with Gasteiger partial charge in [0.05, 0.1) is 10.6 Å². The van der Waals surface area contributed by atoms with Crippen LogP contribution in [-0.4, -0.2) is 20.1 Å². The molecule has 2 rings (SSSR count). The van der Waals surface area contributed by atoms with Crippen molar-refractivity contribution in [2.75, 3.05) is 10.8 Å². The van der Waals surface area contributed by atoms with Gasteiger partial charge >= 0.3 is 0 Å². The van der Waals surface area contributed by atoms with Crippen LogP contribution in [0.5, 0.6) is 5.75 Å². The first-order chi connectivity index (χ1) is 9.45. The molecule has 0 spiro atoms. The first kappa shape index (κ1) is 14.3. The zero-order valence-electron chi connectivity index (χ0n) is 10.8. The van der Waals surface area contributed by atoms with E-state index in [1.807, 2.05) is 0 Å². The molecule has 2 aromatic carbocycles. The molecular formula is C14H14FNO3S. The number of nitrogens with zero attached hydrogens (tertiary/aromatic N) is 1. The predicted molar refractivity (Wildman–Crippen MR) is 74.7 cm³/mol. The Morgan fingerprint density at radius 2 is 1.60 bits per heavy atom. The van der Waals surface area contributed by atoms with Crippen molar-refractivity contribution in [3.8, 4) is 5.75 Å². The minimum Gasteiger partial charge on any atom is -0.508 e. The summed E-state index contributed by atoms with van der Waals surface area (Å²) in [6.07, 6.45) is 0. The van der Waals surface area contributed by atoms with Gasteiger partial charge in [0.25, 0.3) is 10.0 Å². The third-order valence-corrected chi connectivity index (χ3v) is 4.74. The summed E-state index contributed by atoms with van der Waals surface area (Å²) in [6, 6.07) is 10.5. The molecule has 0 heterocycles. The maximum atomic E-state index is 12.9. The normalized spacial score (nSPS) is 11.3. The second-order valence-corrected chi connectivity index (χ2v) is 6.00. The van der Waals surface area contributed by atoms with Gasteiger partial charge in [-0.2, -0.15) is 0 Å². The summed E-state index contributed by atoms with van der Waals surface area (Å²) < 4.78 is 39.1. The largest absolute Gasteiger partial charge is 0.508 e. The number of phenols is 1. The molecular weight excluding hydrogens is 281 g/mol. The minimum absolute atomic E-state index is 0.00576. The van der Waals surface area contributed by atoms with Crippen LogP contribution in [0.1, 0.15) is 6.92 Å². The summed E-state index contributed by atoms with van der Waals surface area (Å²) >= 11 is 0. The van der Waals surface area contributed by atoms with Gasteiger partial charge in [0.2, 0.25) is 0 Å². The average molecular weight is 295 g/mol. The lowest BCUT2D eigenvalue weighted by Crippen LogP contribution is -2.30. The van der Waals surface area contributed by atoms with E-state index in [1.54, 1.807) is 6.92 Å². The average Bonchev–Trinajstić information content (AvgIpc) is 2.42. The fourth-order valence-corrected chi connectivity index (χ4v) is 3.32. The van der Waals surface area contributed by atoms with Crippen LogP contribution < -0.4 is 4.31 Å². The second kappa shape index (κ2) is 5.50. The molecule has 0 aliphatic heterocycles. The number of phenolic OH excluding ortho intramolecular Hbond substituents is 1. The van der Waals surface area contributed by atoms with Crippen molar-refractivity contribution in [1.82, 2.24) is 0 Å². The lowest BCUT2D eigenvalue weighted by molar-refractivity contribution is 0.475. The Kier molecular flexibility index (Phi) is 3.94. The first-order valence-corrected chi connectivity index (χ1v) is 7.46. The molecule has 4 nitrogen and oxygen atoms in total. The van der Waals surface area contributed by atoms with Gasteiger partial charge in [-0.1, -0.05) is 0 Å². The van der Waals surface area contributed by atoms with Gasteiger partial charge in [-0.25, -0.2) is 12.8 Å². The number of benzene rings is 2. The van der Waals surface area contributed by atoms with Crippen LogP contribution in [0, 0.1) is 5.82 Å². The standard InChI is InChI=1S/C14H14FNO3S/c1-2-16(12-5-3-11(15)4-6-12)20(18,19)14-9-7-13(17)8-10-14/h3-10,17H,2H2,1H3. The Balaban J connectivity index is 2.44. The maximum absolute atomic E-state index is 12.9. The summed E-state index contributed by atoms with van der Waals surface area (Å²) in [5.74, 6) is -0.430. The first-order valence-electron chi connectivity index (χ1n) is 6.02. The van der Waals surface area contributed by atoms with Crippen molar-refractivity contribution < 1.29 is 17.9 Å². The molecule has 0 bridgehead atoms. The Morgan fingerprint density at radius 3 is 2.10 bits per heavy atom. The highest BCUT2D eigenvalue weighted by molar-refractivity contribution is 7.92. The van der Waals surface area contributed by atoms with Crippen molar-refractivity contribution >= 4 is 15.7 Å². The van der Waals surface area contributed by atoms with Gasteiger partial charge in [0.1, 0.15) is 11.6 Å². The van der Waals surface area contributed by atoms with E-state index in [0.29, 0.717) is 5.69 Å².